The smallest absolute Gasteiger partial charge is 0.223 e. The summed E-state index contributed by atoms with van der Waals surface area (Å²) in [7, 11) is 0. The number of carbonyl (C=O) groups excluding carboxylic acids is 1. The van der Waals surface area contributed by atoms with Gasteiger partial charge in [0.2, 0.25) is 5.91 Å². The average Bonchev–Trinajstić information content (AvgIpc) is 3.29. The Bertz CT molecular complexity index is 792. The Morgan fingerprint density at radius 3 is 2.57 bits per heavy atom. The number of hydrogen-bond acceptors (Lipinski definition) is 5. The third-order valence-corrected chi connectivity index (χ3v) is 6.43. The monoisotopic (exact) mass is 407 g/mol. The summed E-state index contributed by atoms with van der Waals surface area (Å²) in [6.07, 6.45) is 3.55. The molecule has 1 aromatic heterocycles. The van der Waals surface area contributed by atoms with E-state index < -0.39 is 0 Å². The van der Waals surface area contributed by atoms with Crippen LogP contribution in [0, 0.1) is 0 Å². The molecule has 2 fully saturated rings. The van der Waals surface area contributed by atoms with Crippen LogP contribution in [0.2, 0.25) is 0 Å². The minimum absolute atomic E-state index is 0.260. The van der Waals surface area contributed by atoms with E-state index in [4.69, 9.17) is 0 Å². The number of likely N-dealkylation sites (tertiary alicyclic amines) is 1. The number of rotatable bonds is 7. The number of amides is 1. The Hall–Kier alpha value is -2.44. The van der Waals surface area contributed by atoms with Gasteiger partial charge in [0.15, 0.2) is 0 Å². The lowest BCUT2D eigenvalue weighted by atomic mass is 10.1. The first-order valence-electron chi connectivity index (χ1n) is 11.2. The van der Waals surface area contributed by atoms with Crippen LogP contribution in [0.4, 0.5) is 5.82 Å². The van der Waals surface area contributed by atoms with E-state index in [1.165, 1.54) is 5.56 Å². The van der Waals surface area contributed by atoms with Crippen LogP contribution in [0.25, 0.3) is 0 Å². The predicted molar refractivity (Wildman–Crippen MR) is 120 cm³/mol. The van der Waals surface area contributed by atoms with E-state index in [0.717, 1.165) is 58.1 Å². The second-order valence-corrected chi connectivity index (χ2v) is 8.33. The second-order valence-electron chi connectivity index (χ2n) is 8.33. The lowest BCUT2D eigenvalue weighted by Crippen LogP contribution is -2.49. The molecule has 4 rings (SSSR count). The number of nitrogens with one attached hydrogen (secondary N) is 1. The molecule has 2 aromatic rings. The zero-order valence-electron chi connectivity index (χ0n) is 17.9. The number of anilines is 1. The molecular weight excluding hydrogens is 374 g/mol. The fourth-order valence-corrected chi connectivity index (χ4v) is 4.52. The molecule has 6 nitrogen and oxygen atoms in total. The van der Waals surface area contributed by atoms with Crippen molar-refractivity contribution in [1.82, 2.24) is 20.1 Å². The van der Waals surface area contributed by atoms with E-state index in [1.807, 2.05) is 29.3 Å². The molecule has 6 heteroatoms. The number of hydrogen-bond donors (Lipinski definition) is 1. The first-order chi connectivity index (χ1) is 14.7. The summed E-state index contributed by atoms with van der Waals surface area (Å²) in [5.41, 5.74) is 1.37. The molecule has 2 aliphatic heterocycles. The quantitative estimate of drug-likeness (QED) is 0.765. The van der Waals surface area contributed by atoms with Crippen molar-refractivity contribution in [2.75, 3.05) is 50.7 Å². The summed E-state index contributed by atoms with van der Waals surface area (Å²) >= 11 is 0. The van der Waals surface area contributed by atoms with E-state index in [-0.39, 0.29) is 5.91 Å². The van der Waals surface area contributed by atoms with Gasteiger partial charge >= 0.3 is 0 Å². The highest BCUT2D eigenvalue weighted by atomic mass is 16.2. The minimum Gasteiger partial charge on any atom is -0.353 e. The molecule has 1 amide bonds. The highest BCUT2D eigenvalue weighted by molar-refractivity contribution is 5.76. The topological polar surface area (TPSA) is 51.7 Å². The summed E-state index contributed by atoms with van der Waals surface area (Å²) in [5, 5.41) is 3.61. The van der Waals surface area contributed by atoms with Gasteiger partial charge in [-0.3, -0.25) is 9.69 Å². The van der Waals surface area contributed by atoms with Crippen molar-refractivity contribution in [3.05, 3.63) is 60.3 Å². The highest BCUT2D eigenvalue weighted by Crippen LogP contribution is 2.24. The first-order valence-corrected chi connectivity index (χ1v) is 11.2. The molecular formula is C24H33N5O. The molecule has 0 unspecified atom stereocenters. The van der Waals surface area contributed by atoms with Crippen molar-refractivity contribution in [2.45, 2.75) is 31.8 Å². The molecule has 2 saturated heterocycles. The molecule has 1 aromatic carbocycles. The van der Waals surface area contributed by atoms with E-state index in [0.29, 0.717) is 18.5 Å². The zero-order valence-corrected chi connectivity index (χ0v) is 17.9. The summed E-state index contributed by atoms with van der Waals surface area (Å²) in [6.45, 7) is 8.46. The van der Waals surface area contributed by atoms with Crippen LogP contribution < -0.4 is 10.2 Å². The largest absolute Gasteiger partial charge is 0.353 e. The molecule has 30 heavy (non-hydrogen) atoms. The molecule has 160 valence electrons. The van der Waals surface area contributed by atoms with Gasteiger partial charge in [0.25, 0.3) is 0 Å². The number of carbonyl (C=O) groups is 1. The van der Waals surface area contributed by atoms with Crippen molar-refractivity contribution < 1.29 is 4.79 Å². The molecule has 0 saturated carbocycles. The zero-order chi connectivity index (χ0) is 20.8. The fraction of sp³-hybridized carbons (Fsp3) is 0.500. The van der Waals surface area contributed by atoms with Gasteiger partial charge < -0.3 is 15.1 Å². The Labute approximate surface area is 179 Å². The van der Waals surface area contributed by atoms with Gasteiger partial charge in [0.05, 0.1) is 0 Å². The summed E-state index contributed by atoms with van der Waals surface area (Å²) in [5.74, 6) is 1.26. The number of benzene rings is 1. The van der Waals surface area contributed by atoms with Crippen molar-refractivity contribution in [1.29, 1.82) is 0 Å². The highest BCUT2D eigenvalue weighted by Gasteiger charge is 2.27. The standard InChI is InChI=1S/C24H33N5O/c1-20(21-7-3-2-4-8-21)29-14-11-22(19-29)25-13-10-24(30)28-17-15-27(16-18-28)23-9-5-6-12-26-23/h2-9,12,20,22,25H,10-11,13-19H2,1H3/t20-,22-/m0/s1. The molecule has 0 radical (unpaired) electrons. The van der Waals surface area contributed by atoms with E-state index in [9.17, 15) is 4.79 Å². The molecule has 2 atom stereocenters. The lowest BCUT2D eigenvalue weighted by Gasteiger charge is -2.35. The fourth-order valence-electron chi connectivity index (χ4n) is 4.52. The summed E-state index contributed by atoms with van der Waals surface area (Å²) < 4.78 is 0. The van der Waals surface area contributed by atoms with Crippen LogP contribution in [0.3, 0.4) is 0 Å². The Balaban J connectivity index is 1.15. The Kier molecular flexibility index (Phi) is 6.97. The molecule has 0 aliphatic carbocycles. The van der Waals surface area contributed by atoms with Gasteiger partial charge in [0.1, 0.15) is 5.82 Å². The van der Waals surface area contributed by atoms with Crippen LogP contribution >= 0.6 is 0 Å². The van der Waals surface area contributed by atoms with Crippen LogP contribution in [0.5, 0.6) is 0 Å². The van der Waals surface area contributed by atoms with Crippen LogP contribution in [-0.2, 0) is 4.79 Å². The van der Waals surface area contributed by atoms with Crippen molar-refractivity contribution in [3.8, 4) is 0 Å². The van der Waals surface area contributed by atoms with Crippen LogP contribution in [-0.4, -0.2) is 72.5 Å². The maximum Gasteiger partial charge on any atom is 0.223 e. The Morgan fingerprint density at radius 1 is 1.07 bits per heavy atom. The minimum atomic E-state index is 0.260. The SMILES string of the molecule is C[C@@H](c1ccccc1)N1CC[C@H](NCCC(=O)N2CCN(c3ccccn3)CC2)C1. The maximum absolute atomic E-state index is 12.6. The molecule has 2 aliphatic rings. The van der Waals surface area contributed by atoms with Crippen molar-refractivity contribution >= 4 is 11.7 Å². The number of nitrogens with zero attached hydrogens (tertiary/aromatic N) is 4. The van der Waals surface area contributed by atoms with E-state index >= 15 is 0 Å². The third-order valence-electron chi connectivity index (χ3n) is 6.43. The predicted octanol–water partition coefficient (Wildman–Crippen LogP) is 2.55. The molecule has 3 heterocycles. The molecule has 1 N–H and O–H groups in total. The van der Waals surface area contributed by atoms with Gasteiger partial charge in [-0.1, -0.05) is 36.4 Å². The first kappa shape index (κ1) is 20.8. The van der Waals surface area contributed by atoms with Gasteiger partial charge in [-0.15, -0.1) is 0 Å². The van der Waals surface area contributed by atoms with E-state index in [1.54, 1.807) is 0 Å². The normalized spacial score (nSPS) is 21.0. The van der Waals surface area contributed by atoms with Crippen LogP contribution in [0.15, 0.2) is 54.7 Å². The van der Waals surface area contributed by atoms with Gasteiger partial charge in [0, 0.05) is 70.5 Å². The average molecular weight is 408 g/mol. The number of piperazine rings is 1. The molecule has 0 spiro atoms. The van der Waals surface area contributed by atoms with Crippen molar-refractivity contribution in [3.63, 3.8) is 0 Å². The third kappa shape index (κ3) is 5.18. The van der Waals surface area contributed by atoms with Gasteiger partial charge in [-0.05, 0) is 31.0 Å². The number of aromatic nitrogens is 1. The number of pyridine rings is 1. The van der Waals surface area contributed by atoms with Gasteiger partial charge in [-0.25, -0.2) is 4.98 Å². The van der Waals surface area contributed by atoms with Crippen LogP contribution in [0.1, 0.15) is 31.4 Å². The summed E-state index contributed by atoms with van der Waals surface area (Å²) in [4.78, 5) is 23.8. The van der Waals surface area contributed by atoms with Crippen molar-refractivity contribution in [2.24, 2.45) is 0 Å². The maximum atomic E-state index is 12.6. The summed E-state index contributed by atoms with van der Waals surface area (Å²) in [6, 6.07) is 17.6. The second kappa shape index (κ2) is 10.0. The molecule has 0 bridgehead atoms. The lowest BCUT2D eigenvalue weighted by molar-refractivity contribution is -0.131. The Morgan fingerprint density at radius 2 is 1.83 bits per heavy atom. The van der Waals surface area contributed by atoms with Gasteiger partial charge in [-0.2, -0.15) is 0 Å². The van der Waals surface area contributed by atoms with E-state index in [2.05, 4.69) is 57.4 Å².